The van der Waals surface area contributed by atoms with Gasteiger partial charge in [0.1, 0.15) is 0 Å². The Labute approximate surface area is 208 Å². The maximum atomic E-state index is 12.4. The molecule has 0 atom stereocenters. The van der Waals surface area contributed by atoms with Crippen LogP contribution in [0.25, 0.3) is 0 Å². The van der Waals surface area contributed by atoms with Crippen molar-refractivity contribution in [3.8, 4) is 5.19 Å². The highest BCUT2D eigenvalue weighted by Gasteiger charge is 2.30. The van der Waals surface area contributed by atoms with E-state index in [0.717, 1.165) is 61.5 Å². The first kappa shape index (κ1) is 27.7. The van der Waals surface area contributed by atoms with E-state index in [2.05, 4.69) is 15.2 Å². The molecular weight excluding hydrogens is 463 g/mol. The van der Waals surface area contributed by atoms with E-state index in [1.165, 1.54) is 69.1 Å². The molecule has 0 radical (unpaired) electrons. The third-order valence-corrected chi connectivity index (χ3v) is 8.28. The van der Waals surface area contributed by atoms with E-state index in [1.54, 1.807) is 0 Å². The molecule has 1 aliphatic heterocycles. The number of nitrogens with zero attached hydrogens (tertiary/aromatic N) is 2. The molecule has 0 aromatic carbocycles. The van der Waals surface area contributed by atoms with Crippen LogP contribution >= 0.6 is 11.3 Å². The van der Waals surface area contributed by atoms with Gasteiger partial charge >= 0.3 is 6.18 Å². The van der Waals surface area contributed by atoms with Gasteiger partial charge in [-0.2, -0.15) is 13.2 Å². The number of hydrogen-bond acceptors (Lipinski definition) is 6. The first-order chi connectivity index (χ1) is 15.9. The minimum Gasteiger partial charge on any atom is -0.460 e. The highest BCUT2D eigenvalue weighted by Crippen LogP contribution is 2.33. The number of nitrogens with one attached hydrogen (secondary N) is 1. The molecule has 198 valence electrons. The average molecular weight is 508 g/mol. The average Bonchev–Trinajstić information content (AvgIpc) is 3.56. The summed E-state index contributed by atoms with van der Waals surface area (Å²) >= 11 is 1.28. The Morgan fingerprint density at radius 3 is 2.47 bits per heavy atom. The summed E-state index contributed by atoms with van der Waals surface area (Å²) in [6.45, 7) is 3.27. The van der Waals surface area contributed by atoms with Crippen molar-refractivity contribution in [1.82, 2.24) is 15.2 Å². The molecule has 1 N–H and O–H groups in total. The zero-order valence-electron chi connectivity index (χ0n) is 19.5. The Kier molecular flexibility index (Phi) is 10.9. The van der Waals surface area contributed by atoms with E-state index in [0.29, 0.717) is 12.8 Å². The number of alkyl halides is 3. The molecule has 0 amide bonds. The minimum atomic E-state index is -4.32. The molecule has 0 saturated heterocycles. The van der Waals surface area contributed by atoms with E-state index in [9.17, 15) is 13.2 Å². The number of rotatable bonds is 12. The van der Waals surface area contributed by atoms with Gasteiger partial charge in [0, 0.05) is 38.5 Å². The normalized spacial score (nSPS) is 23.7. The molecule has 0 bridgehead atoms. The van der Waals surface area contributed by atoms with Gasteiger partial charge in [0.25, 0.3) is 5.19 Å². The quantitative estimate of drug-likeness (QED) is 0.275. The lowest BCUT2D eigenvalue weighted by atomic mass is 9.84. The zero-order chi connectivity index (χ0) is 23.1. The molecule has 9 heteroatoms. The highest BCUT2D eigenvalue weighted by molar-refractivity contribution is 7.13. The van der Waals surface area contributed by atoms with Crippen molar-refractivity contribution in [2.45, 2.75) is 90.3 Å². The number of thiazole rings is 1. The minimum absolute atomic E-state index is 0. The van der Waals surface area contributed by atoms with Crippen LogP contribution in [0.4, 0.5) is 13.2 Å². The summed E-state index contributed by atoms with van der Waals surface area (Å²) in [4.78, 5) is 7.88. The van der Waals surface area contributed by atoms with Crippen LogP contribution in [0.2, 0.25) is 0 Å². The summed E-state index contributed by atoms with van der Waals surface area (Å²) < 4.78 is 47.7. The van der Waals surface area contributed by atoms with Crippen molar-refractivity contribution >= 4 is 11.3 Å². The van der Waals surface area contributed by atoms with Crippen LogP contribution in [0.15, 0.2) is 0 Å². The Bertz CT molecular complexity index is 700. The molecule has 3 aliphatic rings. The van der Waals surface area contributed by atoms with Gasteiger partial charge < -0.3 is 14.4 Å². The number of aromatic nitrogens is 1. The maximum absolute atomic E-state index is 12.4. The molecule has 1 aromatic rings. The second kappa shape index (κ2) is 13.4. The highest BCUT2D eigenvalue weighted by atomic mass is 32.1. The number of fused-ring (bicyclic) bond motifs is 1. The SMILES string of the molecule is C.FC(F)(F)COc1nc2c(s1)CCN(CCC1CCC(NCOCCCC3CC3)CC1)CC2.[HH]. The van der Waals surface area contributed by atoms with Crippen LogP contribution in [-0.4, -0.2) is 61.7 Å². The predicted octanol–water partition coefficient (Wildman–Crippen LogP) is 6.07. The molecule has 2 heterocycles. The maximum Gasteiger partial charge on any atom is 0.422 e. The van der Waals surface area contributed by atoms with Crippen LogP contribution in [0.3, 0.4) is 0 Å². The molecule has 5 nitrogen and oxygen atoms in total. The lowest BCUT2D eigenvalue weighted by Crippen LogP contribution is -2.36. The standard InChI is InChI=1S/C24H38F3N3O2S.CH4.H2/c25-24(26,27)16-32-23-29-21-10-13-30(14-11-22(21)33-23)12-9-19-5-7-20(8-6-19)28-17-31-15-1-2-18-3-4-18;;/h18-20,28H,1-17H2;1H4;1H. The largest absolute Gasteiger partial charge is 0.460 e. The second-order valence-corrected chi connectivity index (χ2v) is 11.0. The molecule has 34 heavy (non-hydrogen) atoms. The fourth-order valence-electron chi connectivity index (χ4n) is 4.96. The Hall–Kier alpha value is -0.900. The van der Waals surface area contributed by atoms with Crippen LogP contribution in [0, 0.1) is 11.8 Å². The van der Waals surface area contributed by atoms with Crippen LogP contribution in [-0.2, 0) is 17.6 Å². The van der Waals surface area contributed by atoms with Gasteiger partial charge in [-0.05, 0) is 69.7 Å². The van der Waals surface area contributed by atoms with Crippen molar-refractivity contribution in [2.75, 3.05) is 39.6 Å². The van der Waals surface area contributed by atoms with Crippen molar-refractivity contribution in [1.29, 1.82) is 0 Å². The molecule has 2 saturated carbocycles. The smallest absolute Gasteiger partial charge is 0.422 e. The van der Waals surface area contributed by atoms with Crippen molar-refractivity contribution < 1.29 is 24.1 Å². The van der Waals surface area contributed by atoms with Crippen LogP contribution in [0.5, 0.6) is 5.19 Å². The third kappa shape index (κ3) is 9.63. The molecule has 0 spiro atoms. The fraction of sp³-hybridized carbons (Fsp3) is 0.880. The Morgan fingerprint density at radius 2 is 1.74 bits per heavy atom. The zero-order valence-corrected chi connectivity index (χ0v) is 20.3. The molecular formula is C25H44F3N3O2S. The topological polar surface area (TPSA) is 46.6 Å². The van der Waals surface area contributed by atoms with Crippen molar-refractivity contribution in [3.63, 3.8) is 0 Å². The van der Waals surface area contributed by atoms with Crippen molar-refractivity contribution in [2.24, 2.45) is 11.8 Å². The summed E-state index contributed by atoms with van der Waals surface area (Å²) in [5, 5.41) is 3.73. The Morgan fingerprint density at radius 1 is 1.03 bits per heavy atom. The number of halogens is 3. The lowest BCUT2D eigenvalue weighted by molar-refractivity contribution is -0.153. The summed E-state index contributed by atoms with van der Waals surface area (Å²) in [5.41, 5.74) is 0.918. The van der Waals surface area contributed by atoms with Gasteiger partial charge in [-0.25, -0.2) is 4.98 Å². The first-order valence-electron chi connectivity index (χ1n) is 12.7. The van der Waals surface area contributed by atoms with Crippen LogP contribution in [0.1, 0.15) is 77.2 Å². The molecule has 1 aromatic heterocycles. The molecule has 4 rings (SSSR count). The van der Waals surface area contributed by atoms with E-state index in [-0.39, 0.29) is 14.0 Å². The van der Waals surface area contributed by atoms with Gasteiger partial charge in [-0.1, -0.05) is 31.6 Å². The Balaban J connectivity index is 0.00000216. The molecule has 2 fully saturated rings. The second-order valence-electron chi connectivity index (χ2n) is 9.94. The van der Waals surface area contributed by atoms with Gasteiger partial charge in [0.2, 0.25) is 0 Å². The summed E-state index contributed by atoms with van der Waals surface area (Å²) in [6.07, 6.45) is 8.96. The van der Waals surface area contributed by atoms with Crippen molar-refractivity contribution in [3.05, 3.63) is 10.6 Å². The number of hydrogen-bond donors (Lipinski definition) is 1. The monoisotopic (exact) mass is 507 g/mol. The summed E-state index contributed by atoms with van der Waals surface area (Å²) in [6, 6.07) is 0.596. The van der Waals surface area contributed by atoms with E-state index in [4.69, 9.17) is 9.47 Å². The molecule has 0 unspecified atom stereocenters. The third-order valence-electron chi connectivity index (χ3n) is 7.21. The van der Waals surface area contributed by atoms with Gasteiger partial charge in [-0.15, -0.1) is 0 Å². The van der Waals surface area contributed by atoms with Gasteiger partial charge in [0.15, 0.2) is 6.61 Å². The first-order valence-corrected chi connectivity index (χ1v) is 13.5. The van der Waals surface area contributed by atoms with Gasteiger partial charge in [-0.3, -0.25) is 5.32 Å². The van der Waals surface area contributed by atoms with E-state index in [1.807, 2.05) is 0 Å². The van der Waals surface area contributed by atoms with Gasteiger partial charge in [0.05, 0.1) is 12.4 Å². The van der Waals surface area contributed by atoms with E-state index < -0.39 is 12.8 Å². The number of ether oxygens (including phenoxy) is 2. The fourth-order valence-corrected chi connectivity index (χ4v) is 5.91. The summed E-state index contributed by atoms with van der Waals surface area (Å²) in [5.74, 6) is 1.79. The summed E-state index contributed by atoms with van der Waals surface area (Å²) in [7, 11) is 0. The lowest BCUT2D eigenvalue weighted by Gasteiger charge is -2.30. The molecule has 2 aliphatic carbocycles. The van der Waals surface area contributed by atoms with E-state index >= 15 is 0 Å². The van der Waals surface area contributed by atoms with Crippen LogP contribution < -0.4 is 10.1 Å². The predicted molar refractivity (Wildman–Crippen MR) is 133 cm³/mol.